The summed E-state index contributed by atoms with van der Waals surface area (Å²) in [7, 11) is -2.84. The van der Waals surface area contributed by atoms with Crippen LogP contribution in [0.1, 0.15) is 6.92 Å². The summed E-state index contributed by atoms with van der Waals surface area (Å²) in [6.45, 7) is 1.15. The minimum Gasteiger partial charge on any atom is -0.478 e. The number of carboxylic acids is 1. The van der Waals surface area contributed by atoms with Crippen LogP contribution in [0.5, 0.6) is 0 Å². The van der Waals surface area contributed by atoms with Gasteiger partial charge in [0, 0.05) is 0 Å². The Morgan fingerprint density at radius 1 is 1.60 bits per heavy atom. The number of aliphatic carboxylic acids is 1. The maximum atomic E-state index is 10.2. The van der Waals surface area contributed by atoms with Gasteiger partial charge in [-0.05, 0) is 11.5 Å². The molecule has 0 aromatic carbocycles. The molecular formula is C4H8O5P+. The van der Waals surface area contributed by atoms with Gasteiger partial charge in [-0.2, -0.15) is 4.89 Å². The molecule has 3 N–H and O–H groups in total. The van der Waals surface area contributed by atoms with Crippen molar-refractivity contribution in [2.24, 2.45) is 0 Å². The Hall–Kier alpha value is -0.510. The maximum Gasteiger partial charge on any atom is 0.523 e. The fraction of sp³-hybridized carbons (Fsp3) is 0.750. The Bertz CT molecular complexity index is 140. The molecule has 0 aliphatic heterocycles. The lowest BCUT2D eigenvalue weighted by Crippen LogP contribution is -2.28. The maximum absolute atomic E-state index is 10.2. The molecule has 0 amide bonds. The Morgan fingerprint density at radius 2 is 2.00 bits per heavy atom. The molecule has 0 rings (SSSR count). The molecule has 5 nitrogen and oxygen atoms in total. The zero-order chi connectivity index (χ0) is 8.31. The van der Waals surface area contributed by atoms with Crippen LogP contribution in [0, 0.1) is 0 Å². The summed E-state index contributed by atoms with van der Waals surface area (Å²) in [6, 6.07) is 0. The van der Waals surface area contributed by atoms with Gasteiger partial charge in [-0.25, -0.2) is 4.79 Å². The number of aliphatic hydroxyl groups is 1. The summed E-state index contributed by atoms with van der Waals surface area (Å²) in [5.74, 6) is -1.46. The number of carboxylic acid groups (broad SMARTS) is 1. The van der Waals surface area contributed by atoms with E-state index in [1.54, 1.807) is 0 Å². The van der Waals surface area contributed by atoms with Crippen molar-refractivity contribution in [3.8, 4) is 0 Å². The van der Waals surface area contributed by atoms with Crippen molar-refractivity contribution in [3.63, 3.8) is 0 Å². The molecule has 0 aromatic heterocycles. The van der Waals surface area contributed by atoms with E-state index in [9.17, 15) is 9.36 Å². The quantitative estimate of drug-likeness (QED) is 0.495. The molecule has 58 valence electrons. The largest absolute Gasteiger partial charge is 0.523 e. The van der Waals surface area contributed by atoms with Gasteiger partial charge in [-0.3, -0.25) is 0 Å². The molecule has 0 saturated carbocycles. The van der Waals surface area contributed by atoms with Crippen LogP contribution in [-0.4, -0.2) is 32.8 Å². The van der Waals surface area contributed by atoms with Crippen LogP contribution in [0.15, 0.2) is 0 Å². The smallest absolute Gasteiger partial charge is 0.478 e. The average molecular weight is 167 g/mol. The Kier molecular flexibility index (Phi) is 3.42. The first kappa shape index (κ1) is 9.49. The predicted octanol–water partition coefficient (Wildman–Crippen LogP) is -0.445. The van der Waals surface area contributed by atoms with Gasteiger partial charge in [0.15, 0.2) is 0 Å². The van der Waals surface area contributed by atoms with Crippen LogP contribution in [0.3, 0.4) is 0 Å². The van der Waals surface area contributed by atoms with Gasteiger partial charge in [0.2, 0.25) is 0 Å². The van der Waals surface area contributed by atoms with Crippen LogP contribution >= 0.6 is 8.03 Å². The van der Waals surface area contributed by atoms with Gasteiger partial charge in [-0.15, -0.1) is 0 Å². The molecule has 0 aromatic rings. The SMILES string of the molecule is CC(O)C(C(=O)O)[P+](=O)O. The molecule has 0 bridgehead atoms. The van der Waals surface area contributed by atoms with Gasteiger partial charge in [0.25, 0.3) is 0 Å². The van der Waals surface area contributed by atoms with Crippen LogP contribution in [-0.2, 0) is 9.36 Å². The summed E-state index contributed by atoms with van der Waals surface area (Å²) in [4.78, 5) is 18.4. The molecule has 0 fully saturated rings. The van der Waals surface area contributed by atoms with Crippen molar-refractivity contribution in [2.45, 2.75) is 18.7 Å². The van der Waals surface area contributed by atoms with E-state index >= 15 is 0 Å². The summed E-state index contributed by atoms with van der Waals surface area (Å²) in [5, 5.41) is 16.8. The fourth-order valence-corrected chi connectivity index (χ4v) is 1.04. The third-order valence-corrected chi connectivity index (χ3v) is 2.08. The monoisotopic (exact) mass is 167 g/mol. The molecule has 3 unspecified atom stereocenters. The van der Waals surface area contributed by atoms with Crippen molar-refractivity contribution in [1.82, 2.24) is 0 Å². The highest BCUT2D eigenvalue weighted by molar-refractivity contribution is 7.40. The number of aliphatic hydroxyl groups excluding tert-OH is 1. The predicted molar refractivity (Wildman–Crippen MR) is 32.9 cm³/mol. The van der Waals surface area contributed by atoms with E-state index in [4.69, 9.17) is 15.1 Å². The first-order valence-electron chi connectivity index (χ1n) is 2.53. The van der Waals surface area contributed by atoms with Crippen molar-refractivity contribution >= 4 is 14.0 Å². The van der Waals surface area contributed by atoms with Gasteiger partial charge in [0.1, 0.15) is 6.10 Å². The van der Waals surface area contributed by atoms with E-state index in [0.29, 0.717) is 0 Å². The first-order chi connectivity index (χ1) is 4.46. The number of hydrogen-bond acceptors (Lipinski definition) is 3. The van der Waals surface area contributed by atoms with E-state index < -0.39 is 25.8 Å². The minimum atomic E-state index is -2.84. The van der Waals surface area contributed by atoms with Crippen molar-refractivity contribution in [1.29, 1.82) is 0 Å². The molecule has 10 heavy (non-hydrogen) atoms. The molecule has 0 aliphatic carbocycles. The molecule has 6 heteroatoms. The molecule has 3 atom stereocenters. The third-order valence-electron chi connectivity index (χ3n) is 0.948. The average Bonchev–Trinajstić information content (AvgIpc) is 1.59. The lowest BCUT2D eigenvalue weighted by molar-refractivity contribution is -0.138. The second-order valence-electron chi connectivity index (χ2n) is 1.83. The first-order valence-corrected chi connectivity index (χ1v) is 3.81. The zero-order valence-corrected chi connectivity index (χ0v) is 6.15. The van der Waals surface area contributed by atoms with Crippen molar-refractivity contribution in [3.05, 3.63) is 0 Å². The minimum absolute atomic E-state index is 1.15. The fourth-order valence-electron chi connectivity index (χ4n) is 0.485. The van der Waals surface area contributed by atoms with Crippen LogP contribution in [0.2, 0.25) is 0 Å². The van der Waals surface area contributed by atoms with Crippen molar-refractivity contribution in [2.75, 3.05) is 0 Å². The van der Waals surface area contributed by atoms with Crippen LogP contribution in [0.25, 0.3) is 0 Å². The van der Waals surface area contributed by atoms with Crippen molar-refractivity contribution < 1.29 is 24.5 Å². The van der Waals surface area contributed by atoms with E-state index in [1.165, 1.54) is 0 Å². The number of rotatable bonds is 3. The molecule has 0 spiro atoms. The highest BCUT2D eigenvalue weighted by atomic mass is 31.1. The summed E-state index contributed by atoms with van der Waals surface area (Å²) >= 11 is 0. The second-order valence-corrected chi connectivity index (χ2v) is 2.99. The summed E-state index contributed by atoms with van der Waals surface area (Å²) < 4.78 is 10.2. The normalized spacial score (nSPS) is 17.7. The van der Waals surface area contributed by atoms with Crippen LogP contribution in [0.4, 0.5) is 0 Å². The lowest BCUT2D eigenvalue weighted by atomic mass is 10.3. The Morgan fingerprint density at radius 3 is 2.00 bits per heavy atom. The van der Waals surface area contributed by atoms with E-state index in [1.807, 2.05) is 0 Å². The van der Waals surface area contributed by atoms with E-state index in [2.05, 4.69) is 0 Å². The molecule has 0 heterocycles. The standard InChI is InChI=1S/C4H7O5P/c1-2(5)3(4(6)7)10(8)9/h2-3,5H,1H3,(H-,6,7,8,9)/p+1. The molecule has 0 saturated heterocycles. The highest BCUT2D eigenvalue weighted by Crippen LogP contribution is 2.25. The third kappa shape index (κ3) is 2.39. The molecule has 0 radical (unpaired) electrons. The van der Waals surface area contributed by atoms with E-state index in [0.717, 1.165) is 6.92 Å². The number of hydrogen-bond donors (Lipinski definition) is 3. The summed E-state index contributed by atoms with van der Waals surface area (Å²) in [6.07, 6.45) is -1.30. The van der Waals surface area contributed by atoms with Gasteiger partial charge in [-0.1, -0.05) is 0 Å². The Labute approximate surface area is 58.2 Å². The lowest BCUT2D eigenvalue weighted by Gasteiger charge is -2.00. The topological polar surface area (TPSA) is 94.8 Å². The molecular weight excluding hydrogens is 159 g/mol. The highest BCUT2D eigenvalue weighted by Gasteiger charge is 2.41. The van der Waals surface area contributed by atoms with Gasteiger partial charge >= 0.3 is 19.7 Å². The Balaban J connectivity index is 4.27. The van der Waals surface area contributed by atoms with Gasteiger partial charge in [0.05, 0.1) is 0 Å². The number of carbonyl (C=O) groups is 1. The van der Waals surface area contributed by atoms with Crippen LogP contribution < -0.4 is 0 Å². The summed E-state index contributed by atoms with van der Waals surface area (Å²) in [5.41, 5.74) is -1.57. The zero-order valence-electron chi connectivity index (χ0n) is 5.26. The van der Waals surface area contributed by atoms with E-state index in [-0.39, 0.29) is 0 Å². The van der Waals surface area contributed by atoms with Gasteiger partial charge < -0.3 is 10.2 Å². The molecule has 0 aliphatic rings. The second kappa shape index (κ2) is 3.61.